The van der Waals surface area contributed by atoms with Gasteiger partial charge in [0.05, 0.1) is 5.69 Å². The molecular formula is C17H15NO. The molecule has 0 saturated carbocycles. The molecule has 2 aromatic heterocycles. The highest BCUT2D eigenvalue weighted by Gasteiger charge is 2.18. The van der Waals surface area contributed by atoms with Crippen LogP contribution in [0, 0.1) is 13.8 Å². The van der Waals surface area contributed by atoms with Crippen molar-refractivity contribution in [3.05, 3.63) is 77.1 Å². The zero-order chi connectivity index (χ0) is 13.4. The topological polar surface area (TPSA) is 21.5 Å². The standard InChI is InChI=1S/C17H15NO/c1-12-13(2)16(18-11-7-6-10-15(12)18)17(19)14-8-4-3-5-9-14/h3-11H,1-2H3. The second-order valence-corrected chi connectivity index (χ2v) is 4.75. The lowest BCUT2D eigenvalue weighted by Crippen LogP contribution is -2.06. The molecule has 0 amide bonds. The molecule has 0 aliphatic heterocycles. The van der Waals surface area contributed by atoms with Crippen molar-refractivity contribution >= 4 is 11.3 Å². The predicted molar refractivity (Wildman–Crippen MR) is 76.7 cm³/mol. The van der Waals surface area contributed by atoms with Crippen LogP contribution in [0.3, 0.4) is 0 Å². The summed E-state index contributed by atoms with van der Waals surface area (Å²) in [6.07, 6.45) is 1.95. The van der Waals surface area contributed by atoms with Crippen molar-refractivity contribution in [3.63, 3.8) is 0 Å². The van der Waals surface area contributed by atoms with Gasteiger partial charge < -0.3 is 4.40 Å². The molecule has 2 heteroatoms. The van der Waals surface area contributed by atoms with Crippen molar-refractivity contribution in [2.24, 2.45) is 0 Å². The van der Waals surface area contributed by atoms with Crippen molar-refractivity contribution in [2.75, 3.05) is 0 Å². The van der Waals surface area contributed by atoms with Crippen LogP contribution in [0.5, 0.6) is 0 Å². The molecule has 0 spiro atoms. The number of aryl methyl sites for hydroxylation is 1. The SMILES string of the molecule is Cc1c(C)c2ccccn2c1C(=O)c1ccccc1. The summed E-state index contributed by atoms with van der Waals surface area (Å²) in [7, 11) is 0. The van der Waals surface area contributed by atoms with E-state index in [0.717, 1.165) is 22.3 Å². The van der Waals surface area contributed by atoms with Gasteiger partial charge in [-0.3, -0.25) is 4.79 Å². The molecule has 0 aliphatic rings. The van der Waals surface area contributed by atoms with Gasteiger partial charge in [0.1, 0.15) is 0 Å². The van der Waals surface area contributed by atoms with E-state index in [1.165, 1.54) is 5.56 Å². The maximum absolute atomic E-state index is 12.7. The zero-order valence-electron chi connectivity index (χ0n) is 11.1. The monoisotopic (exact) mass is 249 g/mol. The van der Waals surface area contributed by atoms with Crippen LogP contribution in [-0.2, 0) is 0 Å². The van der Waals surface area contributed by atoms with Gasteiger partial charge in [-0.25, -0.2) is 0 Å². The summed E-state index contributed by atoms with van der Waals surface area (Å²) >= 11 is 0. The van der Waals surface area contributed by atoms with Crippen molar-refractivity contribution in [2.45, 2.75) is 13.8 Å². The molecule has 2 heterocycles. The van der Waals surface area contributed by atoms with Gasteiger partial charge in [0.25, 0.3) is 0 Å². The van der Waals surface area contributed by atoms with Gasteiger partial charge in [-0.2, -0.15) is 0 Å². The Morgan fingerprint density at radius 1 is 0.895 bits per heavy atom. The number of fused-ring (bicyclic) bond motifs is 1. The second kappa shape index (κ2) is 4.39. The molecule has 2 nitrogen and oxygen atoms in total. The highest BCUT2D eigenvalue weighted by Crippen LogP contribution is 2.24. The van der Waals surface area contributed by atoms with Crippen molar-refractivity contribution < 1.29 is 4.79 Å². The summed E-state index contributed by atoms with van der Waals surface area (Å²) < 4.78 is 1.99. The molecule has 1 aromatic carbocycles. The Bertz CT molecular complexity index is 754. The van der Waals surface area contributed by atoms with Crippen LogP contribution >= 0.6 is 0 Å². The molecule has 0 saturated heterocycles. The Balaban J connectivity index is 2.26. The lowest BCUT2D eigenvalue weighted by molar-refractivity contribution is 0.103. The average Bonchev–Trinajstić information content (AvgIpc) is 2.72. The van der Waals surface area contributed by atoms with Crippen molar-refractivity contribution in [3.8, 4) is 0 Å². The first-order valence-corrected chi connectivity index (χ1v) is 6.36. The third-order valence-electron chi connectivity index (χ3n) is 3.65. The molecule has 0 atom stereocenters. The Kier molecular flexibility index (Phi) is 2.71. The van der Waals surface area contributed by atoms with Gasteiger partial charge >= 0.3 is 0 Å². The summed E-state index contributed by atoms with van der Waals surface area (Å²) in [5.41, 5.74) is 4.81. The molecule has 3 aromatic rings. The van der Waals surface area contributed by atoms with E-state index in [-0.39, 0.29) is 5.78 Å². The van der Waals surface area contributed by atoms with E-state index < -0.39 is 0 Å². The third-order valence-corrected chi connectivity index (χ3v) is 3.65. The fourth-order valence-corrected chi connectivity index (χ4v) is 2.50. The van der Waals surface area contributed by atoms with Gasteiger partial charge in [0.2, 0.25) is 5.78 Å². The zero-order valence-corrected chi connectivity index (χ0v) is 11.1. The van der Waals surface area contributed by atoms with Crippen LogP contribution in [-0.4, -0.2) is 10.2 Å². The smallest absolute Gasteiger partial charge is 0.210 e. The highest BCUT2D eigenvalue weighted by molar-refractivity contribution is 6.10. The summed E-state index contributed by atoms with van der Waals surface area (Å²) in [5.74, 6) is 0.0763. The number of hydrogen-bond acceptors (Lipinski definition) is 1. The molecule has 3 rings (SSSR count). The van der Waals surface area contributed by atoms with Crippen LogP contribution in [0.25, 0.3) is 5.52 Å². The lowest BCUT2D eigenvalue weighted by Gasteiger charge is -2.03. The number of pyridine rings is 1. The molecule has 0 aliphatic carbocycles. The van der Waals surface area contributed by atoms with E-state index in [4.69, 9.17) is 0 Å². The van der Waals surface area contributed by atoms with E-state index in [0.29, 0.717) is 0 Å². The summed E-state index contributed by atoms with van der Waals surface area (Å²) in [6.45, 7) is 4.07. The largest absolute Gasteiger partial charge is 0.313 e. The maximum atomic E-state index is 12.7. The van der Waals surface area contributed by atoms with Crippen molar-refractivity contribution in [1.29, 1.82) is 0 Å². The quantitative estimate of drug-likeness (QED) is 0.633. The van der Waals surface area contributed by atoms with Crippen LogP contribution < -0.4 is 0 Å². The number of hydrogen-bond donors (Lipinski definition) is 0. The van der Waals surface area contributed by atoms with Gasteiger partial charge in [0.15, 0.2) is 0 Å². The fourth-order valence-electron chi connectivity index (χ4n) is 2.50. The van der Waals surface area contributed by atoms with Crippen LogP contribution in [0.4, 0.5) is 0 Å². The van der Waals surface area contributed by atoms with E-state index in [1.807, 2.05) is 66.1 Å². The Morgan fingerprint density at radius 2 is 1.58 bits per heavy atom. The fraction of sp³-hybridized carbons (Fsp3) is 0.118. The number of ketones is 1. The number of rotatable bonds is 2. The Hall–Kier alpha value is -2.35. The van der Waals surface area contributed by atoms with E-state index >= 15 is 0 Å². The normalized spacial score (nSPS) is 10.8. The minimum Gasteiger partial charge on any atom is -0.313 e. The molecular weight excluding hydrogens is 234 g/mol. The van der Waals surface area contributed by atoms with E-state index in [1.54, 1.807) is 0 Å². The average molecular weight is 249 g/mol. The van der Waals surface area contributed by atoms with Gasteiger partial charge in [-0.1, -0.05) is 36.4 Å². The summed E-state index contributed by atoms with van der Waals surface area (Å²) in [5, 5.41) is 0. The molecule has 94 valence electrons. The molecule has 0 unspecified atom stereocenters. The minimum atomic E-state index is 0.0763. The molecule has 0 bridgehead atoms. The van der Waals surface area contributed by atoms with E-state index in [2.05, 4.69) is 6.92 Å². The van der Waals surface area contributed by atoms with Crippen LogP contribution in [0.1, 0.15) is 27.2 Å². The number of aromatic nitrogens is 1. The summed E-state index contributed by atoms with van der Waals surface area (Å²) in [4.78, 5) is 12.7. The first-order chi connectivity index (χ1) is 9.20. The van der Waals surface area contributed by atoms with Crippen molar-refractivity contribution in [1.82, 2.24) is 4.40 Å². The third kappa shape index (κ3) is 1.76. The maximum Gasteiger partial charge on any atom is 0.210 e. The van der Waals surface area contributed by atoms with Crippen LogP contribution in [0.2, 0.25) is 0 Å². The number of benzene rings is 1. The Labute approximate surface area is 112 Å². The second-order valence-electron chi connectivity index (χ2n) is 4.75. The first kappa shape index (κ1) is 11.7. The first-order valence-electron chi connectivity index (χ1n) is 6.36. The Morgan fingerprint density at radius 3 is 2.32 bits per heavy atom. The summed E-state index contributed by atoms with van der Waals surface area (Å²) in [6, 6.07) is 15.4. The highest BCUT2D eigenvalue weighted by atomic mass is 16.1. The van der Waals surface area contributed by atoms with Gasteiger partial charge in [-0.05, 0) is 37.1 Å². The van der Waals surface area contributed by atoms with Gasteiger partial charge in [0, 0.05) is 17.3 Å². The number of nitrogens with zero attached hydrogens (tertiary/aromatic N) is 1. The molecule has 0 fully saturated rings. The minimum absolute atomic E-state index is 0.0763. The van der Waals surface area contributed by atoms with Gasteiger partial charge in [-0.15, -0.1) is 0 Å². The molecule has 0 radical (unpaired) electrons. The van der Waals surface area contributed by atoms with E-state index in [9.17, 15) is 4.79 Å². The molecule has 19 heavy (non-hydrogen) atoms. The lowest BCUT2D eigenvalue weighted by atomic mass is 10.0. The predicted octanol–water partition coefficient (Wildman–Crippen LogP) is 3.79. The number of carbonyl (C=O) groups is 1. The van der Waals surface area contributed by atoms with Crippen LogP contribution in [0.15, 0.2) is 54.7 Å². The number of carbonyl (C=O) groups excluding carboxylic acids is 1. The molecule has 0 N–H and O–H groups in total.